The van der Waals surface area contributed by atoms with Gasteiger partial charge in [-0.05, 0) is 18.6 Å². The second-order valence-corrected chi connectivity index (χ2v) is 5.23. The van der Waals surface area contributed by atoms with Gasteiger partial charge in [0.25, 0.3) is 0 Å². The number of ether oxygens (including phenoxy) is 3. The molecule has 0 saturated carbocycles. The molecular weight excluding hydrogens is 298 g/mol. The molecule has 1 aromatic heterocycles. The number of benzene rings is 1. The first-order chi connectivity index (χ1) is 11.3. The fourth-order valence-corrected chi connectivity index (χ4v) is 2.72. The van der Waals surface area contributed by atoms with Crippen molar-refractivity contribution >= 4 is 0 Å². The average Bonchev–Trinajstić information content (AvgIpc) is 3.25. The molecule has 0 amide bonds. The number of aromatic nitrogens is 2. The molecule has 1 aromatic carbocycles. The lowest BCUT2D eigenvalue weighted by atomic mass is 10.1. The molecule has 23 heavy (non-hydrogen) atoms. The number of nitrogens with zero attached hydrogens (tertiary/aromatic N) is 2. The van der Waals surface area contributed by atoms with Gasteiger partial charge in [0.1, 0.15) is 0 Å². The highest BCUT2D eigenvalue weighted by Crippen LogP contribution is 2.41. The van der Waals surface area contributed by atoms with Crippen molar-refractivity contribution < 1.29 is 19.0 Å². The van der Waals surface area contributed by atoms with Crippen LogP contribution < -0.4 is 14.2 Å². The van der Waals surface area contributed by atoms with Crippen molar-refractivity contribution in [2.24, 2.45) is 0 Å². The van der Waals surface area contributed by atoms with Gasteiger partial charge >= 0.3 is 0 Å². The summed E-state index contributed by atoms with van der Waals surface area (Å²) in [6.45, 7) is 2.39. The zero-order valence-electron chi connectivity index (χ0n) is 13.6. The van der Waals surface area contributed by atoms with Crippen LogP contribution in [0.1, 0.15) is 12.0 Å². The number of aromatic amines is 1. The molecule has 0 bridgehead atoms. The van der Waals surface area contributed by atoms with Crippen molar-refractivity contribution in [3.05, 3.63) is 23.9 Å². The highest BCUT2D eigenvalue weighted by Gasteiger charge is 2.19. The summed E-state index contributed by atoms with van der Waals surface area (Å²) in [4.78, 5) is 5.57. The van der Waals surface area contributed by atoms with Gasteiger partial charge in [-0.25, -0.2) is 0 Å². The van der Waals surface area contributed by atoms with E-state index in [4.69, 9.17) is 19.0 Å². The molecule has 0 atom stereocenters. The van der Waals surface area contributed by atoms with Gasteiger partial charge in [-0.15, -0.1) is 0 Å². The lowest BCUT2D eigenvalue weighted by Crippen LogP contribution is -2.17. The van der Waals surface area contributed by atoms with Crippen molar-refractivity contribution in [1.82, 2.24) is 15.3 Å². The number of hydroxylamine groups is 2. The van der Waals surface area contributed by atoms with E-state index in [1.165, 1.54) is 0 Å². The molecule has 0 radical (unpaired) electrons. The fourth-order valence-electron chi connectivity index (χ4n) is 2.72. The molecule has 3 rings (SSSR count). The summed E-state index contributed by atoms with van der Waals surface area (Å²) < 4.78 is 16.2. The third-order valence-corrected chi connectivity index (χ3v) is 3.84. The quantitative estimate of drug-likeness (QED) is 0.880. The van der Waals surface area contributed by atoms with Gasteiger partial charge in [0.15, 0.2) is 11.5 Å². The second-order valence-electron chi connectivity index (χ2n) is 5.23. The van der Waals surface area contributed by atoms with Crippen LogP contribution in [-0.2, 0) is 11.4 Å². The molecule has 1 aliphatic heterocycles. The predicted molar refractivity (Wildman–Crippen MR) is 84.7 cm³/mol. The number of nitrogens with one attached hydrogen (secondary N) is 1. The molecule has 0 spiro atoms. The first-order valence-corrected chi connectivity index (χ1v) is 7.47. The van der Waals surface area contributed by atoms with Crippen molar-refractivity contribution in [3.8, 4) is 28.5 Å². The highest BCUT2D eigenvalue weighted by atomic mass is 16.7. The Labute approximate surface area is 135 Å². The first kappa shape index (κ1) is 15.6. The van der Waals surface area contributed by atoms with Gasteiger partial charge in [0, 0.05) is 17.7 Å². The summed E-state index contributed by atoms with van der Waals surface area (Å²) in [7, 11) is 4.80. The zero-order valence-corrected chi connectivity index (χ0v) is 13.6. The summed E-state index contributed by atoms with van der Waals surface area (Å²) in [5, 5.41) is 9.18. The fraction of sp³-hybridized carbons (Fsp3) is 0.438. The molecule has 1 N–H and O–H groups in total. The normalized spacial score (nSPS) is 14.9. The van der Waals surface area contributed by atoms with E-state index >= 15 is 0 Å². The Balaban J connectivity index is 1.96. The van der Waals surface area contributed by atoms with Gasteiger partial charge in [-0.2, -0.15) is 10.2 Å². The van der Waals surface area contributed by atoms with E-state index in [9.17, 15) is 0 Å². The Morgan fingerprint density at radius 1 is 1.17 bits per heavy atom. The predicted octanol–water partition coefficient (Wildman–Crippen LogP) is 2.24. The van der Waals surface area contributed by atoms with E-state index in [0.29, 0.717) is 23.8 Å². The number of H-pyrrole nitrogens is 1. The Hall–Kier alpha value is -2.25. The van der Waals surface area contributed by atoms with Crippen LogP contribution in [0.2, 0.25) is 0 Å². The van der Waals surface area contributed by atoms with Gasteiger partial charge in [-0.1, -0.05) is 0 Å². The molecule has 1 fully saturated rings. The SMILES string of the molecule is COc1cc(-c2[nH]ncc2CN2CCCO2)cc(OC)c1OC. The monoisotopic (exact) mass is 319 g/mol. The van der Waals surface area contributed by atoms with Gasteiger partial charge < -0.3 is 14.2 Å². The molecule has 124 valence electrons. The maximum absolute atomic E-state index is 5.57. The summed E-state index contributed by atoms with van der Waals surface area (Å²) in [6, 6.07) is 3.81. The topological polar surface area (TPSA) is 68.8 Å². The Morgan fingerprint density at radius 3 is 2.48 bits per heavy atom. The summed E-state index contributed by atoms with van der Waals surface area (Å²) in [5.41, 5.74) is 2.90. The number of rotatable bonds is 6. The minimum absolute atomic E-state index is 0.572. The van der Waals surface area contributed by atoms with Crippen molar-refractivity contribution in [1.29, 1.82) is 0 Å². The molecule has 2 aromatic rings. The summed E-state index contributed by atoms with van der Waals surface area (Å²) >= 11 is 0. The third-order valence-electron chi connectivity index (χ3n) is 3.84. The molecular formula is C16H21N3O4. The molecule has 7 nitrogen and oxygen atoms in total. The Bertz CT molecular complexity index is 640. The van der Waals surface area contributed by atoms with Crippen LogP contribution in [0, 0.1) is 0 Å². The van der Waals surface area contributed by atoms with Crippen LogP contribution in [0.15, 0.2) is 18.3 Å². The number of hydrogen-bond donors (Lipinski definition) is 1. The Kier molecular flexibility index (Phi) is 4.68. The molecule has 1 saturated heterocycles. The second kappa shape index (κ2) is 6.89. The lowest BCUT2D eigenvalue weighted by Gasteiger charge is -2.16. The van der Waals surface area contributed by atoms with Crippen LogP contribution in [0.4, 0.5) is 0 Å². The van der Waals surface area contributed by atoms with Crippen molar-refractivity contribution in [3.63, 3.8) is 0 Å². The van der Waals surface area contributed by atoms with Gasteiger partial charge in [0.2, 0.25) is 5.75 Å². The Morgan fingerprint density at radius 2 is 1.91 bits per heavy atom. The van der Waals surface area contributed by atoms with Crippen LogP contribution in [-0.4, -0.2) is 49.7 Å². The van der Waals surface area contributed by atoms with Gasteiger partial charge in [-0.3, -0.25) is 9.94 Å². The van der Waals surface area contributed by atoms with E-state index in [-0.39, 0.29) is 0 Å². The van der Waals surface area contributed by atoms with Crippen molar-refractivity contribution in [2.45, 2.75) is 13.0 Å². The number of hydrogen-bond acceptors (Lipinski definition) is 6. The molecule has 2 heterocycles. The molecule has 0 unspecified atom stereocenters. The van der Waals surface area contributed by atoms with E-state index in [1.807, 2.05) is 23.4 Å². The first-order valence-electron chi connectivity index (χ1n) is 7.47. The van der Waals surface area contributed by atoms with E-state index in [1.54, 1.807) is 21.3 Å². The summed E-state index contributed by atoms with van der Waals surface area (Å²) in [5.74, 6) is 1.79. The van der Waals surface area contributed by atoms with Crippen LogP contribution in [0.3, 0.4) is 0 Å². The minimum Gasteiger partial charge on any atom is -0.493 e. The lowest BCUT2D eigenvalue weighted by molar-refractivity contribution is -0.117. The molecule has 7 heteroatoms. The van der Waals surface area contributed by atoms with Crippen LogP contribution >= 0.6 is 0 Å². The third kappa shape index (κ3) is 3.11. The molecule has 1 aliphatic rings. The van der Waals surface area contributed by atoms with E-state index < -0.39 is 0 Å². The smallest absolute Gasteiger partial charge is 0.203 e. The largest absolute Gasteiger partial charge is 0.493 e. The van der Waals surface area contributed by atoms with Crippen molar-refractivity contribution in [2.75, 3.05) is 34.5 Å². The van der Waals surface area contributed by atoms with E-state index in [0.717, 1.165) is 36.4 Å². The van der Waals surface area contributed by atoms with Crippen LogP contribution in [0.5, 0.6) is 17.2 Å². The zero-order chi connectivity index (χ0) is 16.2. The average molecular weight is 319 g/mol. The maximum Gasteiger partial charge on any atom is 0.203 e. The number of methoxy groups -OCH3 is 3. The van der Waals surface area contributed by atoms with Gasteiger partial charge in [0.05, 0.1) is 46.4 Å². The standard InChI is InChI=1S/C16H21N3O4/c1-20-13-7-11(8-14(21-2)16(13)22-3)15-12(9-17-18-15)10-19-5-4-6-23-19/h7-9H,4-6,10H2,1-3H3,(H,17,18). The maximum atomic E-state index is 5.57. The highest BCUT2D eigenvalue weighted by molar-refractivity contribution is 5.70. The molecule has 0 aliphatic carbocycles. The minimum atomic E-state index is 0.572. The van der Waals surface area contributed by atoms with E-state index in [2.05, 4.69) is 10.2 Å². The summed E-state index contributed by atoms with van der Waals surface area (Å²) in [6.07, 6.45) is 2.87. The van der Waals surface area contributed by atoms with Crippen LogP contribution in [0.25, 0.3) is 11.3 Å².